The zero-order valence-electron chi connectivity index (χ0n) is 16.9. The molecule has 0 radical (unpaired) electrons. The summed E-state index contributed by atoms with van der Waals surface area (Å²) < 4.78 is 38.5. The standard InChI is InChI=1S/C21H25N3O5S/c1-28-17-9-15(10-18(12-17)29-2)22-21(25)24-13-14-8-16(24)11-20(14)23-30(26,27)19-6-4-3-5-7-19/h3-7,9-10,12,14,16,20,23H,8,11,13H2,1-2H3,(H,22,25)/t14-,16-,20-/m0/s1. The minimum Gasteiger partial charge on any atom is -0.497 e. The predicted molar refractivity (Wildman–Crippen MR) is 112 cm³/mol. The minimum atomic E-state index is -3.56. The van der Waals surface area contributed by atoms with Gasteiger partial charge in [0.1, 0.15) is 11.5 Å². The molecule has 3 atom stereocenters. The third kappa shape index (κ3) is 4.08. The van der Waals surface area contributed by atoms with Gasteiger partial charge in [0.2, 0.25) is 10.0 Å². The number of likely N-dealkylation sites (tertiary alicyclic amines) is 1. The van der Waals surface area contributed by atoms with Crippen molar-refractivity contribution in [3.63, 3.8) is 0 Å². The Hall–Kier alpha value is -2.78. The van der Waals surface area contributed by atoms with Gasteiger partial charge in [-0.1, -0.05) is 18.2 Å². The fourth-order valence-electron chi connectivity index (χ4n) is 4.29. The number of carbonyl (C=O) groups excluding carboxylic acids is 1. The van der Waals surface area contributed by atoms with Gasteiger partial charge in [0, 0.05) is 42.5 Å². The monoisotopic (exact) mass is 431 g/mol. The second-order valence-electron chi connectivity index (χ2n) is 7.61. The van der Waals surface area contributed by atoms with Crippen LogP contribution in [0.4, 0.5) is 10.5 Å². The van der Waals surface area contributed by atoms with E-state index in [-0.39, 0.29) is 28.9 Å². The van der Waals surface area contributed by atoms with E-state index in [1.807, 2.05) is 0 Å². The molecular weight excluding hydrogens is 406 g/mol. The van der Waals surface area contributed by atoms with Crippen LogP contribution in [0, 0.1) is 5.92 Å². The number of urea groups is 1. The summed E-state index contributed by atoms with van der Waals surface area (Å²) in [7, 11) is -0.461. The topological polar surface area (TPSA) is 97.0 Å². The van der Waals surface area contributed by atoms with Crippen molar-refractivity contribution in [2.45, 2.75) is 29.8 Å². The van der Waals surface area contributed by atoms with Gasteiger partial charge in [-0.05, 0) is 30.9 Å². The quantitative estimate of drug-likeness (QED) is 0.733. The summed E-state index contributed by atoms with van der Waals surface area (Å²) in [5.74, 6) is 1.27. The first-order valence-electron chi connectivity index (χ1n) is 9.77. The van der Waals surface area contributed by atoms with Crippen molar-refractivity contribution in [1.29, 1.82) is 0 Å². The van der Waals surface area contributed by atoms with E-state index in [1.54, 1.807) is 67.7 Å². The van der Waals surface area contributed by atoms with Crippen molar-refractivity contribution < 1.29 is 22.7 Å². The number of hydrogen-bond donors (Lipinski definition) is 2. The van der Waals surface area contributed by atoms with Gasteiger partial charge in [-0.15, -0.1) is 0 Å². The van der Waals surface area contributed by atoms with E-state index >= 15 is 0 Å². The second-order valence-corrected chi connectivity index (χ2v) is 9.32. The maximum atomic E-state index is 12.8. The molecule has 8 nitrogen and oxygen atoms in total. The predicted octanol–water partition coefficient (Wildman–Crippen LogP) is 2.68. The van der Waals surface area contributed by atoms with Crippen LogP contribution in [-0.2, 0) is 10.0 Å². The summed E-state index contributed by atoms with van der Waals surface area (Å²) in [6, 6.07) is 13.2. The summed E-state index contributed by atoms with van der Waals surface area (Å²) >= 11 is 0. The number of rotatable bonds is 6. The number of methoxy groups -OCH3 is 2. The lowest BCUT2D eigenvalue weighted by molar-refractivity contribution is 0.188. The normalized spacial score (nSPS) is 22.7. The van der Waals surface area contributed by atoms with Gasteiger partial charge >= 0.3 is 6.03 Å². The number of amides is 2. The Labute approximate surface area is 176 Å². The molecule has 0 spiro atoms. The van der Waals surface area contributed by atoms with E-state index in [4.69, 9.17) is 9.47 Å². The molecule has 30 heavy (non-hydrogen) atoms. The Morgan fingerprint density at radius 3 is 2.27 bits per heavy atom. The Bertz CT molecular complexity index is 1010. The van der Waals surface area contributed by atoms with Crippen LogP contribution >= 0.6 is 0 Å². The van der Waals surface area contributed by atoms with Crippen LogP contribution in [0.25, 0.3) is 0 Å². The van der Waals surface area contributed by atoms with E-state index in [0.717, 1.165) is 6.42 Å². The molecule has 1 aliphatic heterocycles. The smallest absolute Gasteiger partial charge is 0.322 e. The highest BCUT2D eigenvalue weighted by molar-refractivity contribution is 7.89. The summed E-state index contributed by atoms with van der Waals surface area (Å²) in [6.45, 7) is 0.513. The van der Waals surface area contributed by atoms with Crippen molar-refractivity contribution in [2.75, 3.05) is 26.1 Å². The SMILES string of the molecule is COc1cc(NC(=O)N2C[C@@H]3C[C@H]2C[C@@H]3NS(=O)(=O)c2ccccc2)cc(OC)c1. The van der Waals surface area contributed by atoms with E-state index in [9.17, 15) is 13.2 Å². The molecular formula is C21H25N3O5S. The Morgan fingerprint density at radius 1 is 1.03 bits per heavy atom. The summed E-state index contributed by atoms with van der Waals surface area (Å²) in [5, 5.41) is 2.90. The summed E-state index contributed by atoms with van der Waals surface area (Å²) in [5.41, 5.74) is 0.584. The van der Waals surface area contributed by atoms with Gasteiger partial charge < -0.3 is 19.7 Å². The van der Waals surface area contributed by atoms with Crippen LogP contribution in [0.1, 0.15) is 12.8 Å². The Balaban J connectivity index is 1.39. The van der Waals surface area contributed by atoms with E-state index in [2.05, 4.69) is 10.0 Å². The number of anilines is 1. The molecule has 160 valence electrons. The van der Waals surface area contributed by atoms with Crippen LogP contribution in [0.2, 0.25) is 0 Å². The van der Waals surface area contributed by atoms with Crippen LogP contribution < -0.4 is 19.5 Å². The third-order valence-electron chi connectivity index (χ3n) is 5.77. The fourth-order valence-corrected chi connectivity index (χ4v) is 5.63. The number of sulfonamides is 1. The van der Waals surface area contributed by atoms with Gasteiger partial charge in [-0.2, -0.15) is 0 Å². The first-order chi connectivity index (χ1) is 14.4. The van der Waals surface area contributed by atoms with E-state index < -0.39 is 10.0 Å². The highest BCUT2D eigenvalue weighted by atomic mass is 32.2. The Morgan fingerprint density at radius 2 is 1.70 bits per heavy atom. The number of hydrogen-bond acceptors (Lipinski definition) is 5. The lowest BCUT2D eigenvalue weighted by atomic mass is 10.0. The number of carbonyl (C=O) groups is 1. The molecule has 2 aliphatic rings. The molecule has 0 unspecified atom stereocenters. The largest absolute Gasteiger partial charge is 0.497 e. The molecule has 2 fully saturated rings. The first-order valence-corrected chi connectivity index (χ1v) is 11.3. The van der Waals surface area contributed by atoms with Crippen LogP contribution in [0.3, 0.4) is 0 Å². The summed E-state index contributed by atoms with van der Waals surface area (Å²) in [4.78, 5) is 14.9. The highest BCUT2D eigenvalue weighted by Gasteiger charge is 2.47. The number of ether oxygens (including phenoxy) is 2. The van der Waals surface area contributed by atoms with E-state index in [1.165, 1.54) is 0 Å². The molecule has 1 heterocycles. The molecule has 9 heteroatoms. The molecule has 1 aliphatic carbocycles. The van der Waals surface area contributed by atoms with Crippen molar-refractivity contribution in [3.05, 3.63) is 48.5 Å². The van der Waals surface area contributed by atoms with Gasteiger partial charge in [-0.25, -0.2) is 17.9 Å². The van der Waals surface area contributed by atoms with Gasteiger partial charge in [0.05, 0.1) is 19.1 Å². The molecule has 4 rings (SSSR count). The van der Waals surface area contributed by atoms with Crippen LogP contribution in [0.15, 0.2) is 53.4 Å². The number of piperidine rings is 1. The van der Waals surface area contributed by atoms with Crippen molar-refractivity contribution in [3.8, 4) is 11.5 Å². The Kier molecular flexibility index (Phi) is 5.57. The first kappa shape index (κ1) is 20.5. The average Bonchev–Trinajstić information content (AvgIpc) is 3.34. The van der Waals surface area contributed by atoms with Crippen molar-refractivity contribution >= 4 is 21.7 Å². The number of nitrogens with zero attached hydrogens (tertiary/aromatic N) is 1. The molecule has 2 amide bonds. The minimum absolute atomic E-state index is 0.00553. The molecule has 2 aromatic carbocycles. The highest BCUT2D eigenvalue weighted by Crippen LogP contribution is 2.39. The zero-order chi connectivity index (χ0) is 21.3. The van der Waals surface area contributed by atoms with Crippen LogP contribution in [0.5, 0.6) is 11.5 Å². The maximum absolute atomic E-state index is 12.8. The molecule has 2 aromatic rings. The lowest BCUT2D eigenvalue weighted by Crippen LogP contribution is -2.48. The average molecular weight is 432 g/mol. The van der Waals surface area contributed by atoms with E-state index in [0.29, 0.717) is 30.2 Å². The number of benzene rings is 2. The summed E-state index contributed by atoms with van der Waals surface area (Å²) in [6.07, 6.45) is 1.39. The van der Waals surface area contributed by atoms with Crippen molar-refractivity contribution in [1.82, 2.24) is 9.62 Å². The number of fused-ring (bicyclic) bond motifs is 2. The van der Waals surface area contributed by atoms with Gasteiger partial charge in [0.25, 0.3) is 0 Å². The maximum Gasteiger partial charge on any atom is 0.322 e. The molecule has 1 saturated carbocycles. The molecule has 2 bridgehead atoms. The molecule has 2 N–H and O–H groups in total. The fraction of sp³-hybridized carbons (Fsp3) is 0.381. The number of nitrogens with one attached hydrogen (secondary N) is 2. The van der Waals surface area contributed by atoms with Crippen molar-refractivity contribution in [2.24, 2.45) is 5.92 Å². The zero-order valence-corrected chi connectivity index (χ0v) is 17.7. The molecule has 0 aromatic heterocycles. The lowest BCUT2D eigenvalue weighted by Gasteiger charge is -2.32. The molecule has 1 saturated heterocycles. The van der Waals surface area contributed by atoms with Crippen LogP contribution in [-0.4, -0.2) is 52.2 Å². The van der Waals surface area contributed by atoms with Gasteiger partial charge in [0.15, 0.2) is 0 Å². The van der Waals surface area contributed by atoms with Gasteiger partial charge in [-0.3, -0.25) is 0 Å². The third-order valence-corrected chi connectivity index (χ3v) is 7.27. The second kappa shape index (κ2) is 8.16.